The summed E-state index contributed by atoms with van der Waals surface area (Å²) in [6.07, 6.45) is 0. The molecule has 0 aliphatic carbocycles. The second-order valence-corrected chi connectivity index (χ2v) is 8.91. The molecule has 0 atom stereocenters. The molecule has 0 heterocycles. The zero-order valence-electron chi connectivity index (χ0n) is 15.3. The van der Waals surface area contributed by atoms with E-state index < -0.39 is 8.25 Å². The normalized spacial score (nSPS) is 12.3. The third-order valence-corrected chi connectivity index (χ3v) is 4.65. The van der Waals surface area contributed by atoms with Crippen LogP contribution in [0.3, 0.4) is 0 Å². The Morgan fingerprint density at radius 3 is 1.17 bits per heavy atom. The van der Waals surface area contributed by atoms with Crippen molar-refractivity contribution in [1.82, 2.24) is 0 Å². The molecule has 0 saturated carbocycles. The van der Waals surface area contributed by atoms with E-state index in [2.05, 4.69) is 41.5 Å². The highest BCUT2D eigenvalue weighted by molar-refractivity contribution is 7.34. The number of hydrogen-bond acceptors (Lipinski definition) is 3. The molecule has 0 aliphatic rings. The SMILES string of the molecule is CC(C)(C)c1ccc(O[PH](=O)Oc2ccc(C(C)(C)C)cc2)cc1. The molecule has 0 N–H and O–H groups in total. The van der Waals surface area contributed by atoms with Crippen molar-refractivity contribution in [2.24, 2.45) is 0 Å². The predicted octanol–water partition coefficient (Wildman–Crippen LogP) is 6.13. The predicted molar refractivity (Wildman–Crippen MR) is 101 cm³/mol. The minimum atomic E-state index is -2.64. The Kier molecular flexibility index (Phi) is 5.45. The summed E-state index contributed by atoms with van der Waals surface area (Å²) in [6, 6.07) is 15.3. The van der Waals surface area contributed by atoms with Crippen LogP contribution in [-0.2, 0) is 15.4 Å². The summed E-state index contributed by atoms with van der Waals surface area (Å²) in [6.45, 7) is 12.9. The molecule has 0 bridgehead atoms. The van der Waals surface area contributed by atoms with Crippen molar-refractivity contribution in [2.75, 3.05) is 0 Å². The van der Waals surface area contributed by atoms with Gasteiger partial charge in [0.05, 0.1) is 0 Å². The van der Waals surface area contributed by atoms with Crippen LogP contribution in [0.1, 0.15) is 52.7 Å². The fourth-order valence-electron chi connectivity index (χ4n) is 2.26. The van der Waals surface area contributed by atoms with Crippen LogP contribution in [0.25, 0.3) is 0 Å². The van der Waals surface area contributed by atoms with Gasteiger partial charge in [0, 0.05) is 0 Å². The van der Waals surface area contributed by atoms with Crippen LogP contribution >= 0.6 is 8.25 Å². The smallest absolute Gasteiger partial charge is 0.418 e. The van der Waals surface area contributed by atoms with E-state index in [9.17, 15) is 4.57 Å². The number of hydrogen-bond donors (Lipinski definition) is 0. The lowest BCUT2D eigenvalue weighted by Crippen LogP contribution is -2.10. The molecule has 2 aromatic rings. The van der Waals surface area contributed by atoms with E-state index >= 15 is 0 Å². The fraction of sp³-hybridized carbons (Fsp3) is 0.400. The Morgan fingerprint density at radius 1 is 0.625 bits per heavy atom. The van der Waals surface area contributed by atoms with E-state index in [1.54, 1.807) is 0 Å². The average Bonchev–Trinajstić information content (AvgIpc) is 2.46. The summed E-state index contributed by atoms with van der Waals surface area (Å²) < 4.78 is 22.9. The van der Waals surface area contributed by atoms with E-state index in [-0.39, 0.29) is 10.8 Å². The molecule has 0 unspecified atom stereocenters. The zero-order chi connectivity index (χ0) is 18.0. The van der Waals surface area contributed by atoms with Crippen LogP contribution in [-0.4, -0.2) is 0 Å². The number of rotatable bonds is 4. The summed E-state index contributed by atoms with van der Waals surface area (Å²) in [4.78, 5) is 0. The minimum Gasteiger partial charge on any atom is -0.418 e. The monoisotopic (exact) mass is 346 g/mol. The molecule has 0 radical (unpaired) electrons. The molecule has 0 amide bonds. The highest BCUT2D eigenvalue weighted by Gasteiger charge is 2.15. The topological polar surface area (TPSA) is 35.5 Å². The molecular weight excluding hydrogens is 319 g/mol. The van der Waals surface area contributed by atoms with Crippen molar-refractivity contribution >= 4 is 8.25 Å². The van der Waals surface area contributed by atoms with E-state index in [0.29, 0.717) is 11.5 Å². The first-order chi connectivity index (χ1) is 11.1. The van der Waals surface area contributed by atoms with Gasteiger partial charge in [-0.3, -0.25) is 0 Å². The van der Waals surface area contributed by atoms with Gasteiger partial charge in [-0.05, 0) is 46.2 Å². The lowest BCUT2D eigenvalue weighted by molar-refractivity contribution is 0.415. The van der Waals surface area contributed by atoms with Gasteiger partial charge < -0.3 is 9.05 Å². The van der Waals surface area contributed by atoms with Gasteiger partial charge >= 0.3 is 8.25 Å². The van der Waals surface area contributed by atoms with Crippen LogP contribution in [0.4, 0.5) is 0 Å². The Bertz CT molecular complexity index is 628. The molecule has 130 valence electrons. The lowest BCUT2D eigenvalue weighted by Gasteiger charge is -2.19. The molecule has 0 spiro atoms. The first-order valence-electron chi connectivity index (χ1n) is 8.16. The van der Waals surface area contributed by atoms with Crippen molar-refractivity contribution in [2.45, 2.75) is 52.4 Å². The quantitative estimate of drug-likeness (QED) is 0.625. The van der Waals surface area contributed by atoms with Crippen molar-refractivity contribution in [1.29, 1.82) is 0 Å². The van der Waals surface area contributed by atoms with E-state index in [1.165, 1.54) is 11.1 Å². The molecule has 3 nitrogen and oxygen atoms in total. The Morgan fingerprint density at radius 2 is 0.917 bits per heavy atom. The van der Waals surface area contributed by atoms with E-state index in [4.69, 9.17) is 9.05 Å². The van der Waals surface area contributed by atoms with Gasteiger partial charge in [-0.15, -0.1) is 0 Å². The van der Waals surface area contributed by atoms with Crippen LogP contribution < -0.4 is 9.05 Å². The van der Waals surface area contributed by atoms with E-state index in [0.717, 1.165) is 0 Å². The van der Waals surface area contributed by atoms with Crippen LogP contribution in [0.2, 0.25) is 0 Å². The second kappa shape index (κ2) is 7.03. The van der Waals surface area contributed by atoms with Crippen molar-refractivity contribution in [3.8, 4) is 11.5 Å². The number of benzene rings is 2. The molecule has 2 rings (SSSR count). The molecule has 0 fully saturated rings. The highest BCUT2D eigenvalue weighted by atomic mass is 31.1. The Hall–Kier alpha value is -1.73. The fourth-order valence-corrected chi connectivity index (χ4v) is 2.96. The summed E-state index contributed by atoms with van der Waals surface area (Å²) in [7, 11) is -2.64. The van der Waals surface area contributed by atoms with Gasteiger partial charge in [-0.25, -0.2) is 4.57 Å². The van der Waals surface area contributed by atoms with Gasteiger partial charge in [-0.1, -0.05) is 65.8 Å². The molecule has 0 aromatic heterocycles. The van der Waals surface area contributed by atoms with Gasteiger partial charge in [0.25, 0.3) is 0 Å². The molecule has 4 heteroatoms. The van der Waals surface area contributed by atoms with Crippen molar-refractivity contribution < 1.29 is 13.6 Å². The van der Waals surface area contributed by atoms with Crippen LogP contribution in [0.15, 0.2) is 48.5 Å². The van der Waals surface area contributed by atoms with Crippen LogP contribution in [0, 0.1) is 0 Å². The van der Waals surface area contributed by atoms with Crippen molar-refractivity contribution in [3.63, 3.8) is 0 Å². The zero-order valence-corrected chi connectivity index (χ0v) is 16.3. The third-order valence-electron chi connectivity index (χ3n) is 3.84. The Balaban J connectivity index is 1.98. The highest BCUT2D eigenvalue weighted by Crippen LogP contribution is 2.33. The molecular formula is C20H27O3P. The average molecular weight is 346 g/mol. The standard InChI is InChI=1S/C20H27O3P/c1-19(2,3)15-7-11-17(12-8-15)22-24(21)23-18-13-9-16(10-14-18)20(4,5)6/h7-14,24H,1-6H3. The van der Waals surface area contributed by atoms with Gasteiger partial charge in [0.1, 0.15) is 11.5 Å². The van der Waals surface area contributed by atoms with Crippen molar-refractivity contribution in [3.05, 3.63) is 59.7 Å². The molecule has 0 saturated heterocycles. The Labute approximate surface area is 146 Å². The first-order valence-corrected chi connectivity index (χ1v) is 9.39. The maximum atomic E-state index is 12.1. The summed E-state index contributed by atoms with van der Waals surface area (Å²) in [5.41, 5.74) is 2.56. The summed E-state index contributed by atoms with van der Waals surface area (Å²) in [5, 5.41) is 0. The maximum Gasteiger partial charge on any atom is 0.418 e. The lowest BCUT2D eigenvalue weighted by atomic mass is 9.87. The van der Waals surface area contributed by atoms with Gasteiger partial charge in [-0.2, -0.15) is 0 Å². The second-order valence-electron chi connectivity index (χ2n) is 8.00. The molecule has 24 heavy (non-hydrogen) atoms. The third kappa shape index (κ3) is 5.14. The molecule has 2 aromatic carbocycles. The van der Waals surface area contributed by atoms with Gasteiger partial charge in [0.2, 0.25) is 0 Å². The first kappa shape index (κ1) is 18.6. The van der Waals surface area contributed by atoms with Gasteiger partial charge in [0.15, 0.2) is 0 Å². The largest absolute Gasteiger partial charge is 0.418 e. The molecule has 0 aliphatic heterocycles. The minimum absolute atomic E-state index is 0.0784. The summed E-state index contributed by atoms with van der Waals surface area (Å²) >= 11 is 0. The van der Waals surface area contributed by atoms with E-state index in [1.807, 2.05) is 48.5 Å². The summed E-state index contributed by atoms with van der Waals surface area (Å²) in [5.74, 6) is 1.11. The van der Waals surface area contributed by atoms with Crippen LogP contribution in [0.5, 0.6) is 11.5 Å². The maximum absolute atomic E-state index is 12.1.